The second kappa shape index (κ2) is 13.5. The van der Waals surface area contributed by atoms with Crippen molar-refractivity contribution in [3.63, 3.8) is 0 Å². The minimum atomic E-state index is -3.94. The molecule has 42 heavy (non-hydrogen) atoms. The summed E-state index contributed by atoms with van der Waals surface area (Å²) in [5.41, 5.74) is 1.80. The molecule has 2 aliphatic heterocycles. The van der Waals surface area contributed by atoms with Crippen molar-refractivity contribution >= 4 is 33.0 Å². The van der Waals surface area contributed by atoms with Gasteiger partial charge in [-0.1, -0.05) is 18.2 Å². The minimum absolute atomic E-state index is 0.0762. The predicted molar refractivity (Wildman–Crippen MR) is 161 cm³/mol. The number of nitrogens with one attached hydrogen (secondary N) is 2. The summed E-state index contributed by atoms with van der Waals surface area (Å²) in [6.07, 6.45) is 0. The number of hydrogen-bond acceptors (Lipinski definition) is 8. The lowest BCUT2D eigenvalue weighted by Gasteiger charge is -2.38. The summed E-state index contributed by atoms with van der Waals surface area (Å²) in [7, 11) is -2.42. The quantitative estimate of drug-likeness (QED) is 0.368. The summed E-state index contributed by atoms with van der Waals surface area (Å²) in [5.74, 6) is -0.126. The van der Waals surface area contributed by atoms with Crippen LogP contribution in [0.2, 0.25) is 0 Å². The Balaban J connectivity index is 1.36. The number of anilines is 3. The van der Waals surface area contributed by atoms with Gasteiger partial charge in [0.15, 0.2) is 0 Å². The molecule has 0 saturated carbocycles. The molecular weight excluding hydrogens is 561 g/mol. The van der Waals surface area contributed by atoms with E-state index in [1.54, 1.807) is 54.6 Å². The van der Waals surface area contributed by atoms with Crippen LogP contribution < -0.4 is 24.6 Å². The van der Waals surface area contributed by atoms with Crippen LogP contribution in [-0.4, -0.2) is 91.9 Å². The van der Waals surface area contributed by atoms with E-state index in [2.05, 4.69) is 14.9 Å². The Labute approximate surface area is 246 Å². The number of para-hydroxylation sites is 1. The number of halogens is 1. The number of sulfonamides is 1. The second-order valence-electron chi connectivity index (χ2n) is 10.1. The number of nitrogens with zero attached hydrogens (tertiary/aromatic N) is 3. The second-order valence-corrected chi connectivity index (χ2v) is 11.9. The van der Waals surface area contributed by atoms with Gasteiger partial charge in [0.05, 0.1) is 31.7 Å². The number of morpholine rings is 1. The lowest BCUT2D eigenvalue weighted by atomic mass is 10.2. The number of amides is 1. The van der Waals surface area contributed by atoms with E-state index in [4.69, 9.17) is 9.47 Å². The maximum Gasteiger partial charge on any atom is 0.255 e. The monoisotopic (exact) mass is 597 g/mol. The highest BCUT2D eigenvalue weighted by atomic mass is 32.2. The van der Waals surface area contributed by atoms with Crippen LogP contribution in [-0.2, 0) is 14.8 Å². The van der Waals surface area contributed by atoms with Crippen molar-refractivity contribution in [1.29, 1.82) is 0 Å². The van der Waals surface area contributed by atoms with Gasteiger partial charge in [0.25, 0.3) is 5.91 Å². The third-order valence-electron chi connectivity index (χ3n) is 7.48. The average molecular weight is 598 g/mol. The molecule has 0 radical (unpaired) electrons. The molecule has 3 aromatic rings. The van der Waals surface area contributed by atoms with Gasteiger partial charge in [0, 0.05) is 63.6 Å². The predicted octanol–water partition coefficient (Wildman–Crippen LogP) is 3.02. The van der Waals surface area contributed by atoms with E-state index in [1.807, 2.05) is 9.80 Å². The fourth-order valence-electron chi connectivity index (χ4n) is 5.17. The molecule has 10 nitrogen and oxygen atoms in total. The van der Waals surface area contributed by atoms with Crippen LogP contribution in [0.15, 0.2) is 71.6 Å². The molecule has 2 N–H and O–H groups in total. The van der Waals surface area contributed by atoms with Crippen molar-refractivity contribution in [1.82, 2.24) is 9.62 Å². The number of rotatable bonds is 10. The number of ether oxygens (including phenoxy) is 2. The van der Waals surface area contributed by atoms with Crippen molar-refractivity contribution in [3.05, 3.63) is 78.1 Å². The Bertz CT molecular complexity index is 1490. The van der Waals surface area contributed by atoms with Crippen molar-refractivity contribution in [3.8, 4) is 5.75 Å². The van der Waals surface area contributed by atoms with E-state index < -0.39 is 10.0 Å². The van der Waals surface area contributed by atoms with Gasteiger partial charge in [-0.25, -0.2) is 17.5 Å². The Morgan fingerprint density at radius 2 is 1.62 bits per heavy atom. The maximum atomic E-state index is 14.4. The van der Waals surface area contributed by atoms with Gasteiger partial charge in [-0.05, 0) is 48.5 Å². The zero-order chi connectivity index (χ0) is 29.5. The summed E-state index contributed by atoms with van der Waals surface area (Å²) in [6.45, 7) is 5.62. The van der Waals surface area contributed by atoms with Crippen LogP contribution in [0, 0.1) is 5.82 Å². The molecule has 3 aromatic carbocycles. The Kier molecular flexibility index (Phi) is 9.58. The molecule has 2 fully saturated rings. The fraction of sp³-hybridized carbons (Fsp3) is 0.367. The maximum absolute atomic E-state index is 14.4. The zero-order valence-electron chi connectivity index (χ0n) is 23.6. The molecule has 1 amide bonds. The van der Waals surface area contributed by atoms with Crippen molar-refractivity contribution in [2.75, 3.05) is 87.8 Å². The molecule has 0 aliphatic carbocycles. The number of methoxy groups -OCH3 is 1. The van der Waals surface area contributed by atoms with Gasteiger partial charge in [-0.15, -0.1) is 0 Å². The highest BCUT2D eigenvalue weighted by Crippen LogP contribution is 2.31. The molecular formula is C30H36FN5O5S. The fourth-order valence-corrected chi connectivity index (χ4v) is 6.44. The molecule has 224 valence electrons. The van der Waals surface area contributed by atoms with Gasteiger partial charge in [-0.2, -0.15) is 0 Å². The van der Waals surface area contributed by atoms with Crippen LogP contribution in [0.1, 0.15) is 10.4 Å². The number of piperazine rings is 1. The van der Waals surface area contributed by atoms with Crippen LogP contribution in [0.4, 0.5) is 21.5 Å². The summed E-state index contributed by atoms with van der Waals surface area (Å²) in [6, 6.07) is 18.3. The highest BCUT2D eigenvalue weighted by molar-refractivity contribution is 7.89. The van der Waals surface area contributed by atoms with Gasteiger partial charge in [-0.3, -0.25) is 9.69 Å². The summed E-state index contributed by atoms with van der Waals surface area (Å²) >= 11 is 0. The van der Waals surface area contributed by atoms with Crippen molar-refractivity contribution < 1.29 is 27.1 Å². The Morgan fingerprint density at radius 1 is 0.905 bits per heavy atom. The average Bonchev–Trinajstić information content (AvgIpc) is 3.02. The van der Waals surface area contributed by atoms with E-state index in [0.717, 1.165) is 13.1 Å². The first-order chi connectivity index (χ1) is 20.3. The molecule has 0 unspecified atom stereocenters. The Morgan fingerprint density at radius 3 is 2.33 bits per heavy atom. The van der Waals surface area contributed by atoms with Gasteiger partial charge in [0.2, 0.25) is 10.0 Å². The molecule has 2 aliphatic rings. The van der Waals surface area contributed by atoms with E-state index in [9.17, 15) is 17.6 Å². The van der Waals surface area contributed by atoms with Crippen LogP contribution in [0.25, 0.3) is 0 Å². The first-order valence-corrected chi connectivity index (χ1v) is 15.5. The molecule has 2 heterocycles. The highest BCUT2D eigenvalue weighted by Gasteiger charge is 2.27. The topological polar surface area (TPSA) is 103 Å². The van der Waals surface area contributed by atoms with E-state index in [-0.39, 0.29) is 23.2 Å². The van der Waals surface area contributed by atoms with E-state index in [1.165, 1.54) is 19.2 Å². The van der Waals surface area contributed by atoms with Crippen LogP contribution in [0.5, 0.6) is 5.75 Å². The SMILES string of the molecule is COc1cccc(C(=O)Nc2ccc(N3CCN(c4ccccc4F)CC3)c(S(=O)(=O)NCCN3CCOCC3)c2)c1. The molecule has 0 aromatic heterocycles. The van der Waals surface area contributed by atoms with Crippen LogP contribution in [0.3, 0.4) is 0 Å². The zero-order valence-corrected chi connectivity index (χ0v) is 24.4. The smallest absolute Gasteiger partial charge is 0.255 e. The molecule has 0 spiro atoms. The largest absolute Gasteiger partial charge is 0.497 e. The summed E-state index contributed by atoms with van der Waals surface area (Å²) in [4.78, 5) is 19.2. The number of carbonyl (C=O) groups is 1. The van der Waals surface area contributed by atoms with Crippen LogP contribution >= 0.6 is 0 Å². The van der Waals surface area contributed by atoms with Gasteiger partial charge < -0.3 is 24.6 Å². The normalized spacial score (nSPS) is 16.3. The molecule has 0 bridgehead atoms. The number of carbonyl (C=O) groups excluding carboxylic acids is 1. The summed E-state index contributed by atoms with van der Waals surface area (Å²) < 4.78 is 55.1. The Hall–Kier alpha value is -3.71. The molecule has 5 rings (SSSR count). The molecule has 2 saturated heterocycles. The first kappa shape index (κ1) is 29.8. The lowest BCUT2D eigenvalue weighted by Crippen LogP contribution is -2.47. The molecule has 0 atom stereocenters. The lowest BCUT2D eigenvalue weighted by molar-refractivity contribution is 0.0390. The minimum Gasteiger partial charge on any atom is -0.497 e. The molecule has 12 heteroatoms. The van der Waals surface area contributed by atoms with Crippen molar-refractivity contribution in [2.24, 2.45) is 0 Å². The number of benzene rings is 3. The van der Waals surface area contributed by atoms with E-state index in [0.29, 0.717) is 74.3 Å². The van der Waals surface area contributed by atoms with E-state index >= 15 is 0 Å². The number of hydrogen-bond donors (Lipinski definition) is 2. The van der Waals surface area contributed by atoms with Gasteiger partial charge >= 0.3 is 0 Å². The summed E-state index contributed by atoms with van der Waals surface area (Å²) in [5, 5.41) is 2.82. The van der Waals surface area contributed by atoms with Crippen molar-refractivity contribution in [2.45, 2.75) is 4.90 Å². The first-order valence-electron chi connectivity index (χ1n) is 14.0. The third-order valence-corrected chi connectivity index (χ3v) is 8.97. The van der Waals surface area contributed by atoms with Gasteiger partial charge in [0.1, 0.15) is 16.5 Å². The standard InChI is InChI=1S/C30H36FN5O5S/c1-40-25-6-4-5-23(21-25)30(37)33-24-9-10-28(36-15-13-35(14-16-36)27-8-3-2-7-26(27)31)29(22-24)42(38,39)32-11-12-34-17-19-41-20-18-34/h2-10,21-22,32H,11-20H2,1H3,(H,33,37). The third kappa shape index (κ3) is 7.19.